The van der Waals surface area contributed by atoms with Crippen LogP contribution in [-0.4, -0.2) is 44.5 Å². The average Bonchev–Trinajstić information content (AvgIpc) is 3.44. The number of hydrogen-bond acceptors (Lipinski definition) is 6. The normalized spacial score (nSPS) is 23.3. The molecule has 9 heteroatoms. The number of rotatable bonds is 7. The van der Waals surface area contributed by atoms with Crippen LogP contribution < -0.4 is 9.46 Å². The Morgan fingerprint density at radius 3 is 2.70 bits per heavy atom. The van der Waals surface area contributed by atoms with E-state index in [4.69, 9.17) is 21.1 Å². The van der Waals surface area contributed by atoms with Crippen LogP contribution in [0.3, 0.4) is 0 Å². The Morgan fingerprint density at radius 1 is 1.26 bits per heavy atom. The molecule has 1 saturated heterocycles. The summed E-state index contributed by atoms with van der Waals surface area (Å²) >= 11 is 7.36. The van der Waals surface area contributed by atoms with E-state index in [1.165, 1.54) is 11.3 Å². The molecule has 0 spiro atoms. The molecule has 2 fully saturated rings. The minimum Gasteiger partial charge on any atom is -0.493 e. The fourth-order valence-electron chi connectivity index (χ4n) is 3.09. The van der Waals surface area contributed by atoms with Crippen LogP contribution in [0.25, 0.3) is 10.6 Å². The van der Waals surface area contributed by atoms with Gasteiger partial charge in [0, 0.05) is 24.1 Å². The van der Waals surface area contributed by atoms with Crippen molar-refractivity contribution in [3.63, 3.8) is 0 Å². The highest BCUT2D eigenvalue weighted by atomic mass is 35.5. The standard InChI is InChI=1S/C18H21ClN2O4S2/c19-17-9-20-18(26-17)12-1-3-14(4-2-12)25-11-13-10-24-8-7-16(13)21-27(22,23)15-5-6-15/h1-4,9,13,15-16,21H,5-8,10-11H2/t13-,16+/m1/s1. The number of sulfonamides is 1. The number of hydrogen-bond donors (Lipinski definition) is 1. The van der Waals surface area contributed by atoms with Gasteiger partial charge in [-0.2, -0.15) is 0 Å². The summed E-state index contributed by atoms with van der Waals surface area (Å²) in [5.41, 5.74) is 0.982. The summed E-state index contributed by atoms with van der Waals surface area (Å²) in [6.45, 7) is 1.47. The van der Waals surface area contributed by atoms with Crippen LogP contribution in [0.1, 0.15) is 19.3 Å². The first-order valence-corrected chi connectivity index (χ1v) is 11.7. The molecule has 1 saturated carbocycles. The molecule has 2 heterocycles. The number of halogens is 1. The Balaban J connectivity index is 1.36. The second kappa shape index (κ2) is 8.05. The van der Waals surface area contributed by atoms with Crippen molar-refractivity contribution in [1.82, 2.24) is 9.71 Å². The first kappa shape index (κ1) is 19.1. The highest BCUT2D eigenvalue weighted by molar-refractivity contribution is 7.90. The van der Waals surface area contributed by atoms with Crippen molar-refractivity contribution in [2.24, 2.45) is 5.92 Å². The third-order valence-electron chi connectivity index (χ3n) is 4.80. The summed E-state index contributed by atoms with van der Waals surface area (Å²) in [4.78, 5) is 4.26. The van der Waals surface area contributed by atoms with E-state index in [1.54, 1.807) is 6.20 Å². The maximum atomic E-state index is 12.2. The SMILES string of the molecule is O=S(=O)(N[C@H]1CCOC[C@@H]1COc1ccc(-c2ncc(Cl)s2)cc1)C1CC1. The summed E-state index contributed by atoms with van der Waals surface area (Å²) in [5.74, 6) is 0.723. The molecule has 2 aromatic rings. The van der Waals surface area contributed by atoms with E-state index in [2.05, 4.69) is 9.71 Å². The zero-order valence-electron chi connectivity index (χ0n) is 14.6. The minimum atomic E-state index is -3.21. The maximum absolute atomic E-state index is 12.2. The molecule has 1 aromatic carbocycles. The zero-order valence-corrected chi connectivity index (χ0v) is 17.0. The van der Waals surface area contributed by atoms with Gasteiger partial charge in [-0.3, -0.25) is 0 Å². The van der Waals surface area contributed by atoms with Crippen LogP contribution in [0.2, 0.25) is 4.34 Å². The van der Waals surface area contributed by atoms with Gasteiger partial charge in [-0.25, -0.2) is 18.1 Å². The molecule has 1 aromatic heterocycles. The van der Waals surface area contributed by atoms with Gasteiger partial charge in [-0.05, 0) is 43.5 Å². The molecule has 1 aliphatic carbocycles. The smallest absolute Gasteiger partial charge is 0.214 e. The molecule has 1 aliphatic heterocycles. The van der Waals surface area contributed by atoms with Crippen LogP contribution >= 0.6 is 22.9 Å². The van der Waals surface area contributed by atoms with E-state index >= 15 is 0 Å². The second-order valence-corrected chi connectivity index (χ2v) is 10.6. The van der Waals surface area contributed by atoms with E-state index in [0.717, 1.165) is 29.2 Å². The van der Waals surface area contributed by atoms with Crippen LogP contribution in [0.15, 0.2) is 30.5 Å². The molecule has 1 N–H and O–H groups in total. The summed E-state index contributed by atoms with van der Waals surface area (Å²) in [6, 6.07) is 7.51. The van der Waals surface area contributed by atoms with E-state index in [0.29, 0.717) is 30.6 Å². The van der Waals surface area contributed by atoms with Crippen molar-refractivity contribution in [2.75, 3.05) is 19.8 Å². The number of ether oxygens (including phenoxy) is 2. The minimum absolute atomic E-state index is 0.00952. The Bertz CT molecular complexity index is 881. The topological polar surface area (TPSA) is 77.5 Å². The van der Waals surface area contributed by atoms with Crippen molar-refractivity contribution >= 4 is 33.0 Å². The van der Waals surface area contributed by atoms with E-state index in [-0.39, 0.29) is 17.2 Å². The zero-order chi connectivity index (χ0) is 18.9. The molecule has 146 valence electrons. The first-order valence-electron chi connectivity index (χ1n) is 8.95. The van der Waals surface area contributed by atoms with E-state index < -0.39 is 10.0 Å². The number of thiazole rings is 1. The summed E-state index contributed by atoms with van der Waals surface area (Å²) in [5, 5.41) is 0.649. The Labute approximate surface area is 167 Å². The Morgan fingerprint density at radius 2 is 2.04 bits per heavy atom. The fraction of sp³-hybridized carbons (Fsp3) is 0.500. The van der Waals surface area contributed by atoms with Gasteiger partial charge in [0.15, 0.2) is 0 Å². The summed E-state index contributed by atoms with van der Waals surface area (Å²) < 4.78 is 39.5. The Hall–Kier alpha value is -1.19. The van der Waals surface area contributed by atoms with Crippen molar-refractivity contribution < 1.29 is 17.9 Å². The predicted molar refractivity (Wildman–Crippen MR) is 106 cm³/mol. The van der Waals surface area contributed by atoms with Gasteiger partial charge in [0.25, 0.3) is 0 Å². The lowest BCUT2D eigenvalue weighted by Gasteiger charge is -2.31. The van der Waals surface area contributed by atoms with Crippen molar-refractivity contribution in [2.45, 2.75) is 30.6 Å². The second-order valence-electron chi connectivity index (χ2n) is 6.90. The quantitative estimate of drug-likeness (QED) is 0.731. The highest BCUT2D eigenvalue weighted by Gasteiger charge is 2.39. The number of nitrogens with one attached hydrogen (secondary N) is 1. The predicted octanol–water partition coefficient (Wildman–Crippen LogP) is 3.33. The van der Waals surface area contributed by atoms with Crippen LogP contribution in [-0.2, 0) is 14.8 Å². The van der Waals surface area contributed by atoms with Crippen molar-refractivity contribution in [3.05, 3.63) is 34.8 Å². The van der Waals surface area contributed by atoms with E-state index in [1.807, 2.05) is 24.3 Å². The first-order chi connectivity index (χ1) is 13.0. The molecule has 6 nitrogen and oxygen atoms in total. The van der Waals surface area contributed by atoms with Gasteiger partial charge >= 0.3 is 0 Å². The lowest BCUT2D eigenvalue weighted by molar-refractivity contribution is 0.0186. The van der Waals surface area contributed by atoms with Crippen molar-refractivity contribution in [1.29, 1.82) is 0 Å². The molecule has 4 rings (SSSR count). The lowest BCUT2D eigenvalue weighted by atomic mass is 9.98. The van der Waals surface area contributed by atoms with Crippen LogP contribution in [0.4, 0.5) is 0 Å². The molecular formula is C18H21ClN2O4S2. The summed E-state index contributed by atoms with van der Waals surface area (Å²) in [7, 11) is -3.21. The third-order valence-corrected chi connectivity index (χ3v) is 7.94. The molecule has 0 bridgehead atoms. The highest BCUT2D eigenvalue weighted by Crippen LogP contribution is 2.30. The maximum Gasteiger partial charge on any atom is 0.214 e. The van der Waals surface area contributed by atoms with E-state index in [9.17, 15) is 8.42 Å². The molecule has 0 radical (unpaired) electrons. The van der Waals surface area contributed by atoms with Crippen LogP contribution in [0.5, 0.6) is 5.75 Å². The largest absolute Gasteiger partial charge is 0.493 e. The van der Waals surface area contributed by atoms with Gasteiger partial charge in [0.2, 0.25) is 10.0 Å². The monoisotopic (exact) mass is 428 g/mol. The van der Waals surface area contributed by atoms with Crippen LogP contribution in [0, 0.1) is 5.92 Å². The molecular weight excluding hydrogens is 408 g/mol. The van der Waals surface area contributed by atoms with Gasteiger partial charge in [0.05, 0.1) is 24.7 Å². The van der Waals surface area contributed by atoms with Gasteiger partial charge in [-0.1, -0.05) is 11.6 Å². The van der Waals surface area contributed by atoms with Gasteiger partial charge in [0.1, 0.15) is 15.1 Å². The molecule has 0 amide bonds. The number of aromatic nitrogens is 1. The number of benzene rings is 1. The van der Waals surface area contributed by atoms with Crippen molar-refractivity contribution in [3.8, 4) is 16.3 Å². The molecule has 27 heavy (non-hydrogen) atoms. The van der Waals surface area contributed by atoms with Gasteiger partial charge < -0.3 is 9.47 Å². The summed E-state index contributed by atoms with van der Waals surface area (Å²) in [6.07, 6.45) is 3.83. The lowest BCUT2D eigenvalue weighted by Crippen LogP contribution is -2.48. The fourth-order valence-corrected chi connectivity index (χ4v) is 5.69. The number of nitrogens with zero attached hydrogens (tertiary/aromatic N) is 1. The molecule has 2 atom stereocenters. The third kappa shape index (κ3) is 4.81. The molecule has 2 aliphatic rings. The Kier molecular flexibility index (Phi) is 5.70. The molecule has 0 unspecified atom stereocenters. The average molecular weight is 429 g/mol. The van der Waals surface area contributed by atoms with Gasteiger partial charge in [-0.15, -0.1) is 11.3 Å².